The van der Waals surface area contributed by atoms with Crippen LogP contribution in [0.4, 0.5) is 16.4 Å². The summed E-state index contributed by atoms with van der Waals surface area (Å²) in [6.45, 7) is 6.85. The van der Waals surface area contributed by atoms with Gasteiger partial charge < -0.3 is 19.5 Å². The minimum Gasteiger partial charge on any atom is -0.444 e. The van der Waals surface area contributed by atoms with Crippen molar-refractivity contribution in [2.75, 3.05) is 25.0 Å². The molecule has 1 amide bonds. The number of non-ortho nitro benzene ring substituents is 1. The minimum atomic E-state index is -0.524. The third-order valence-corrected chi connectivity index (χ3v) is 4.52. The molecule has 9 nitrogen and oxygen atoms in total. The number of anilines is 1. The van der Waals surface area contributed by atoms with Crippen molar-refractivity contribution >= 4 is 28.8 Å². The number of hydrogen-bond acceptors (Lipinski definition) is 6. The van der Waals surface area contributed by atoms with E-state index in [0.717, 1.165) is 12.8 Å². The maximum Gasteiger partial charge on any atom is 0.410 e. The van der Waals surface area contributed by atoms with Crippen LogP contribution in [-0.2, 0) is 4.74 Å². The lowest BCUT2D eigenvalue weighted by Crippen LogP contribution is -2.44. The number of likely N-dealkylation sites (N-methyl/N-ethyl adjacent to an activating group) is 1. The van der Waals surface area contributed by atoms with Crippen LogP contribution in [0.15, 0.2) is 18.2 Å². The normalized spacial score (nSPS) is 17.3. The first-order valence-corrected chi connectivity index (χ1v) is 8.99. The van der Waals surface area contributed by atoms with Crippen molar-refractivity contribution in [3.8, 4) is 0 Å². The van der Waals surface area contributed by atoms with Gasteiger partial charge in [-0.3, -0.25) is 10.1 Å². The number of H-pyrrole nitrogens is 1. The number of fused-ring (bicyclic) bond motifs is 1. The number of carbonyl (C=O) groups is 1. The summed E-state index contributed by atoms with van der Waals surface area (Å²) in [5, 5.41) is 10.9. The van der Waals surface area contributed by atoms with Crippen molar-refractivity contribution in [3.63, 3.8) is 0 Å². The van der Waals surface area contributed by atoms with E-state index in [0.29, 0.717) is 30.1 Å². The van der Waals surface area contributed by atoms with Crippen LogP contribution in [0.1, 0.15) is 33.6 Å². The van der Waals surface area contributed by atoms with E-state index in [1.165, 1.54) is 12.1 Å². The lowest BCUT2D eigenvalue weighted by atomic mass is 10.2. The number of imidazole rings is 1. The van der Waals surface area contributed by atoms with Gasteiger partial charge in [0.25, 0.3) is 5.69 Å². The van der Waals surface area contributed by atoms with Crippen LogP contribution < -0.4 is 4.90 Å². The molecule has 2 aromatic rings. The summed E-state index contributed by atoms with van der Waals surface area (Å²) in [6.07, 6.45) is 1.54. The number of benzene rings is 1. The number of nitro benzene ring substituents is 1. The van der Waals surface area contributed by atoms with E-state index in [9.17, 15) is 14.9 Å². The number of rotatable bonds is 4. The predicted molar refractivity (Wildman–Crippen MR) is 102 cm³/mol. The van der Waals surface area contributed by atoms with Gasteiger partial charge in [-0.15, -0.1) is 0 Å². The molecule has 1 saturated heterocycles. The van der Waals surface area contributed by atoms with Crippen molar-refractivity contribution in [1.82, 2.24) is 14.9 Å². The third-order valence-electron chi connectivity index (χ3n) is 4.52. The number of hydrogen-bond donors (Lipinski definition) is 1. The van der Waals surface area contributed by atoms with Gasteiger partial charge >= 0.3 is 6.09 Å². The van der Waals surface area contributed by atoms with Crippen molar-refractivity contribution < 1.29 is 14.5 Å². The monoisotopic (exact) mass is 375 g/mol. The van der Waals surface area contributed by atoms with Gasteiger partial charge in [0, 0.05) is 32.3 Å². The molecule has 1 aromatic heterocycles. The molecule has 1 N–H and O–H groups in total. The van der Waals surface area contributed by atoms with Crippen LogP contribution >= 0.6 is 0 Å². The van der Waals surface area contributed by atoms with Crippen LogP contribution in [-0.4, -0.2) is 57.7 Å². The Balaban J connectivity index is 1.72. The Morgan fingerprint density at radius 2 is 2.22 bits per heavy atom. The van der Waals surface area contributed by atoms with E-state index in [2.05, 4.69) is 9.97 Å². The molecule has 3 rings (SSSR count). The standard InChI is InChI=1S/C18H25N5O4/c1-18(2,3)27-17(24)22-9-5-6-13(22)11-21(4)16-19-14-8-7-12(23(25)26)10-15(14)20-16/h7-8,10,13H,5-6,9,11H2,1-4H3,(H,19,20)/t13-/m1/s1. The molecule has 0 spiro atoms. The van der Waals surface area contributed by atoms with E-state index in [-0.39, 0.29) is 17.8 Å². The number of aromatic nitrogens is 2. The van der Waals surface area contributed by atoms with Gasteiger partial charge in [0.2, 0.25) is 5.95 Å². The van der Waals surface area contributed by atoms with E-state index >= 15 is 0 Å². The molecule has 0 saturated carbocycles. The number of nitrogens with one attached hydrogen (secondary N) is 1. The lowest BCUT2D eigenvalue weighted by Gasteiger charge is -2.30. The minimum absolute atomic E-state index is 0.0206. The van der Waals surface area contributed by atoms with Crippen LogP contribution in [0, 0.1) is 10.1 Å². The highest BCUT2D eigenvalue weighted by Gasteiger charge is 2.33. The maximum absolute atomic E-state index is 12.4. The van der Waals surface area contributed by atoms with E-state index in [4.69, 9.17) is 4.74 Å². The molecule has 1 aliphatic rings. The molecule has 9 heteroatoms. The molecule has 1 aliphatic heterocycles. The summed E-state index contributed by atoms with van der Waals surface area (Å²) < 4.78 is 5.50. The number of aromatic amines is 1. The van der Waals surface area contributed by atoms with Gasteiger partial charge in [-0.25, -0.2) is 9.78 Å². The third kappa shape index (κ3) is 4.29. The molecule has 146 valence electrons. The molecular formula is C18H25N5O4. The molecule has 0 unspecified atom stereocenters. The largest absolute Gasteiger partial charge is 0.444 e. The summed E-state index contributed by atoms with van der Waals surface area (Å²) in [6, 6.07) is 4.58. The van der Waals surface area contributed by atoms with Gasteiger partial charge in [0.15, 0.2) is 0 Å². The fourth-order valence-electron chi connectivity index (χ4n) is 3.27. The van der Waals surface area contributed by atoms with Gasteiger partial charge in [-0.1, -0.05) is 0 Å². The van der Waals surface area contributed by atoms with E-state index in [1.54, 1.807) is 11.0 Å². The highest BCUT2D eigenvalue weighted by molar-refractivity contribution is 5.80. The summed E-state index contributed by atoms with van der Waals surface area (Å²) >= 11 is 0. The summed E-state index contributed by atoms with van der Waals surface area (Å²) in [5.41, 5.74) is 0.774. The summed E-state index contributed by atoms with van der Waals surface area (Å²) in [7, 11) is 1.89. The Morgan fingerprint density at radius 3 is 2.89 bits per heavy atom. The molecular weight excluding hydrogens is 350 g/mol. The van der Waals surface area contributed by atoms with Gasteiger partial charge in [0.05, 0.1) is 22.0 Å². The summed E-state index contributed by atoms with van der Waals surface area (Å²) in [5.74, 6) is 0.613. The van der Waals surface area contributed by atoms with E-state index < -0.39 is 10.5 Å². The Labute approximate surface area is 157 Å². The average Bonchev–Trinajstić information content (AvgIpc) is 3.18. The number of amides is 1. The Kier molecular flexibility index (Phi) is 4.95. The Hall–Kier alpha value is -2.84. The fourth-order valence-corrected chi connectivity index (χ4v) is 3.27. The number of carbonyl (C=O) groups excluding carboxylic acids is 1. The first kappa shape index (κ1) is 18.9. The summed E-state index contributed by atoms with van der Waals surface area (Å²) in [4.78, 5) is 34.2. The second kappa shape index (κ2) is 7.05. The smallest absolute Gasteiger partial charge is 0.410 e. The van der Waals surface area contributed by atoms with Gasteiger partial charge in [-0.2, -0.15) is 0 Å². The fraction of sp³-hybridized carbons (Fsp3) is 0.556. The first-order chi connectivity index (χ1) is 12.6. The Morgan fingerprint density at radius 1 is 1.48 bits per heavy atom. The first-order valence-electron chi connectivity index (χ1n) is 8.99. The van der Waals surface area contributed by atoms with Crippen LogP contribution in [0.3, 0.4) is 0 Å². The second-order valence-corrected chi connectivity index (χ2v) is 7.87. The zero-order chi connectivity index (χ0) is 19.8. The van der Waals surface area contributed by atoms with Crippen LogP contribution in [0.25, 0.3) is 11.0 Å². The quantitative estimate of drug-likeness (QED) is 0.649. The van der Waals surface area contributed by atoms with Crippen molar-refractivity contribution in [2.24, 2.45) is 0 Å². The van der Waals surface area contributed by atoms with E-state index in [1.807, 2.05) is 32.7 Å². The molecule has 0 bridgehead atoms. The molecule has 1 atom stereocenters. The van der Waals surface area contributed by atoms with Crippen molar-refractivity contribution in [1.29, 1.82) is 0 Å². The highest BCUT2D eigenvalue weighted by atomic mass is 16.6. The van der Waals surface area contributed by atoms with Crippen molar-refractivity contribution in [2.45, 2.75) is 45.3 Å². The SMILES string of the molecule is CN(C[C@H]1CCCN1C(=O)OC(C)(C)C)c1nc2ccc([N+](=O)[O-])cc2[nH]1. The van der Waals surface area contributed by atoms with Crippen molar-refractivity contribution in [3.05, 3.63) is 28.3 Å². The maximum atomic E-state index is 12.4. The number of nitrogens with zero attached hydrogens (tertiary/aromatic N) is 4. The number of nitro groups is 1. The second-order valence-electron chi connectivity index (χ2n) is 7.87. The predicted octanol–water partition coefficient (Wildman–Crippen LogP) is 3.31. The lowest BCUT2D eigenvalue weighted by molar-refractivity contribution is -0.384. The average molecular weight is 375 g/mol. The van der Waals surface area contributed by atoms with Crippen LogP contribution in [0.5, 0.6) is 0 Å². The Bertz CT molecular complexity index is 857. The molecule has 27 heavy (non-hydrogen) atoms. The molecule has 0 aliphatic carbocycles. The number of ether oxygens (including phenoxy) is 1. The molecule has 1 fully saturated rings. The van der Waals surface area contributed by atoms with Crippen LogP contribution in [0.2, 0.25) is 0 Å². The molecule has 2 heterocycles. The zero-order valence-electron chi connectivity index (χ0n) is 16.1. The zero-order valence-corrected chi connectivity index (χ0v) is 16.1. The molecule has 1 aromatic carbocycles. The highest BCUT2D eigenvalue weighted by Crippen LogP contribution is 2.25. The number of likely N-dealkylation sites (tertiary alicyclic amines) is 1. The van der Waals surface area contributed by atoms with Gasteiger partial charge in [-0.05, 0) is 39.7 Å². The molecule has 0 radical (unpaired) electrons. The topological polar surface area (TPSA) is 105 Å². The van der Waals surface area contributed by atoms with Gasteiger partial charge in [0.1, 0.15) is 5.60 Å².